The highest BCUT2D eigenvalue weighted by atomic mass is 19.4. The Labute approximate surface area is 220 Å². The molecule has 3 rings (SSSR count). The maximum atomic E-state index is 13.6. The van der Waals surface area contributed by atoms with Gasteiger partial charge in [0, 0.05) is 24.9 Å². The Hall–Kier alpha value is -3.64. The number of ether oxygens (including phenoxy) is 4. The van der Waals surface area contributed by atoms with Gasteiger partial charge in [-0.25, -0.2) is 4.79 Å². The number of carbonyl (C=O) groups excluding carboxylic acids is 2. The Balaban J connectivity index is 2.31. The molecule has 2 aromatic carbocycles. The first-order valence-electron chi connectivity index (χ1n) is 11.8. The smallest absolute Gasteiger partial charge is 0.416 e. The minimum atomic E-state index is -5.11. The van der Waals surface area contributed by atoms with Gasteiger partial charge in [-0.15, -0.1) is 0 Å². The predicted molar refractivity (Wildman–Crippen MR) is 127 cm³/mol. The van der Waals surface area contributed by atoms with E-state index in [2.05, 4.69) is 0 Å². The van der Waals surface area contributed by atoms with Crippen molar-refractivity contribution in [3.63, 3.8) is 0 Å². The van der Waals surface area contributed by atoms with Gasteiger partial charge < -0.3 is 18.9 Å². The van der Waals surface area contributed by atoms with E-state index in [0.717, 1.165) is 6.92 Å². The lowest BCUT2D eigenvalue weighted by molar-refractivity contribution is -0.148. The van der Waals surface area contributed by atoms with E-state index in [-0.39, 0.29) is 41.8 Å². The van der Waals surface area contributed by atoms with Crippen molar-refractivity contribution in [1.82, 2.24) is 0 Å². The van der Waals surface area contributed by atoms with E-state index in [0.29, 0.717) is 12.1 Å². The van der Waals surface area contributed by atoms with Crippen molar-refractivity contribution in [2.75, 3.05) is 25.7 Å². The van der Waals surface area contributed by atoms with E-state index in [1.54, 1.807) is 13.8 Å². The maximum Gasteiger partial charge on any atom is 0.416 e. The van der Waals surface area contributed by atoms with Gasteiger partial charge in [0.05, 0.1) is 37.6 Å². The molecule has 0 aliphatic carbocycles. The summed E-state index contributed by atoms with van der Waals surface area (Å²) >= 11 is 0. The van der Waals surface area contributed by atoms with Crippen LogP contribution in [0.3, 0.4) is 0 Å². The van der Waals surface area contributed by atoms with Crippen molar-refractivity contribution in [3.05, 3.63) is 52.6 Å². The van der Waals surface area contributed by atoms with Crippen molar-refractivity contribution >= 4 is 17.7 Å². The fourth-order valence-corrected chi connectivity index (χ4v) is 4.69. The van der Waals surface area contributed by atoms with Crippen LogP contribution in [0.25, 0.3) is 0 Å². The molecule has 1 heterocycles. The van der Waals surface area contributed by atoms with Crippen LogP contribution in [0.5, 0.6) is 11.5 Å². The number of esters is 1. The summed E-state index contributed by atoms with van der Waals surface area (Å²) in [5.41, 5.74) is -3.11. The maximum absolute atomic E-state index is 13.6. The molecule has 0 saturated heterocycles. The third kappa shape index (κ3) is 6.34. The van der Waals surface area contributed by atoms with Crippen LogP contribution in [0, 0.1) is 0 Å². The molecule has 0 N–H and O–H groups in total. The molecule has 7 nitrogen and oxygen atoms in total. The monoisotopic (exact) mass is 563 g/mol. The van der Waals surface area contributed by atoms with Crippen molar-refractivity contribution in [1.29, 1.82) is 0 Å². The van der Waals surface area contributed by atoms with Gasteiger partial charge in [0.2, 0.25) is 0 Å². The fraction of sp³-hybridized carbons (Fsp3) is 0.462. The van der Waals surface area contributed by atoms with Crippen LogP contribution in [0.1, 0.15) is 61.5 Å². The number of alkyl halides is 6. The Kier molecular flexibility index (Phi) is 8.61. The minimum absolute atomic E-state index is 0.00213. The van der Waals surface area contributed by atoms with Crippen LogP contribution in [0.2, 0.25) is 0 Å². The summed E-state index contributed by atoms with van der Waals surface area (Å²) in [5, 5.41) is 0. The summed E-state index contributed by atoms with van der Waals surface area (Å²) in [7, 11) is 2.69. The summed E-state index contributed by atoms with van der Waals surface area (Å²) in [6.45, 7) is 4.28. The number of anilines is 1. The number of hydrogen-bond acceptors (Lipinski definition) is 6. The van der Waals surface area contributed by atoms with Gasteiger partial charge in [0.15, 0.2) is 11.5 Å². The van der Waals surface area contributed by atoms with Gasteiger partial charge in [0.1, 0.15) is 6.10 Å². The van der Waals surface area contributed by atoms with E-state index >= 15 is 0 Å². The second kappa shape index (κ2) is 11.2. The SMILES string of the molecule is CCOC(=O)N1c2cc(OC)c(OC)cc2C(C(OC(C)=O)c2cc(C(F)(F)F)cc(C(F)(F)F)c2)C[C@@H]1C. The number of amides is 1. The number of nitrogens with zero attached hydrogens (tertiary/aromatic N) is 1. The fourth-order valence-electron chi connectivity index (χ4n) is 4.69. The molecule has 39 heavy (non-hydrogen) atoms. The standard InChI is InChI=1S/C26H27F6NO6/c1-6-38-24(35)33-13(2)7-19(18-11-21(36-4)22(37-5)12-20(18)33)23(39-14(3)34)15-8-16(25(27,28)29)10-17(9-15)26(30,31)32/h8-13,19,23H,6-7H2,1-5H3/t13-,19?,23?/m0/s1. The molecule has 0 bridgehead atoms. The van der Waals surface area contributed by atoms with Crippen molar-refractivity contribution < 1.29 is 54.9 Å². The Bertz CT molecular complexity index is 1200. The largest absolute Gasteiger partial charge is 0.493 e. The number of fused-ring (bicyclic) bond motifs is 1. The molecule has 1 aliphatic rings. The Morgan fingerprint density at radius 3 is 1.95 bits per heavy atom. The van der Waals surface area contributed by atoms with Crippen LogP contribution < -0.4 is 14.4 Å². The first-order chi connectivity index (χ1) is 18.1. The zero-order valence-electron chi connectivity index (χ0n) is 21.7. The first kappa shape index (κ1) is 29.9. The molecule has 3 atom stereocenters. The normalized spacial score (nSPS) is 18.2. The molecule has 0 saturated carbocycles. The molecule has 214 valence electrons. The first-order valence-corrected chi connectivity index (χ1v) is 11.8. The lowest BCUT2D eigenvalue weighted by atomic mass is 9.79. The number of hydrogen-bond donors (Lipinski definition) is 0. The van der Waals surface area contributed by atoms with Crippen LogP contribution in [-0.4, -0.2) is 38.9 Å². The number of methoxy groups -OCH3 is 2. The lowest BCUT2D eigenvalue weighted by Gasteiger charge is -2.41. The predicted octanol–water partition coefficient (Wildman–Crippen LogP) is 6.88. The van der Waals surface area contributed by atoms with Gasteiger partial charge in [-0.3, -0.25) is 9.69 Å². The van der Waals surface area contributed by atoms with E-state index < -0.39 is 59.2 Å². The quantitative estimate of drug-likeness (QED) is 0.282. The molecular weight excluding hydrogens is 536 g/mol. The summed E-state index contributed by atoms with van der Waals surface area (Å²) in [6, 6.07) is 3.31. The molecule has 0 aromatic heterocycles. The average molecular weight is 563 g/mol. The summed E-state index contributed by atoms with van der Waals surface area (Å²) in [6.07, 6.45) is -12.5. The highest BCUT2D eigenvalue weighted by molar-refractivity contribution is 5.91. The van der Waals surface area contributed by atoms with Crippen LogP contribution in [0.4, 0.5) is 36.8 Å². The third-order valence-corrected chi connectivity index (χ3v) is 6.29. The molecule has 1 amide bonds. The molecular formula is C26H27F6NO6. The average Bonchev–Trinajstić information content (AvgIpc) is 2.84. The zero-order valence-corrected chi connectivity index (χ0v) is 21.7. The van der Waals surface area contributed by atoms with Crippen molar-refractivity contribution in [3.8, 4) is 11.5 Å². The molecule has 2 aromatic rings. The molecule has 0 fully saturated rings. The lowest BCUT2D eigenvalue weighted by Crippen LogP contribution is -2.44. The van der Waals surface area contributed by atoms with Crippen LogP contribution >= 0.6 is 0 Å². The van der Waals surface area contributed by atoms with Gasteiger partial charge in [0.25, 0.3) is 0 Å². The Morgan fingerprint density at radius 2 is 1.49 bits per heavy atom. The Morgan fingerprint density at radius 1 is 0.949 bits per heavy atom. The molecule has 13 heteroatoms. The summed E-state index contributed by atoms with van der Waals surface area (Å²) in [4.78, 5) is 26.3. The number of halogens is 6. The highest BCUT2D eigenvalue weighted by Crippen LogP contribution is 2.51. The van der Waals surface area contributed by atoms with E-state index in [9.17, 15) is 35.9 Å². The molecule has 0 radical (unpaired) electrons. The van der Waals surface area contributed by atoms with E-state index in [4.69, 9.17) is 18.9 Å². The number of carbonyl (C=O) groups is 2. The number of benzene rings is 2. The van der Waals surface area contributed by atoms with Crippen molar-refractivity contribution in [2.45, 2.75) is 57.6 Å². The molecule has 1 aliphatic heterocycles. The van der Waals surface area contributed by atoms with Crippen LogP contribution in [-0.2, 0) is 26.6 Å². The van der Waals surface area contributed by atoms with Gasteiger partial charge in [-0.2, -0.15) is 26.3 Å². The summed E-state index contributed by atoms with van der Waals surface area (Å²) < 4.78 is 103. The van der Waals surface area contributed by atoms with Gasteiger partial charge in [-0.1, -0.05) is 0 Å². The number of rotatable bonds is 6. The minimum Gasteiger partial charge on any atom is -0.493 e. The molecule has 2 unspecified atom stereocenters. The van der Waals surface area contributed by atoms with Crippen LogP contribution in [0.15, 0.2) is 30.3 Å². The highest BCUT2D eigenvalue weighted by Gasteiger charge is 2.43. The molecule has 0 spiro atoms. The third-order valence-electron chi connectivity index (χ3n) is 6.29. The van der Waals surface area contributed by atoms with Crippen molar-refractivity contribution in [2.24, 2.45) is 0 Å². The van der Waals surface area contributed by atoms with Gasteiger partial charge in [-0.05, 0) is 55.7 Å². The second-order valence-corrected chi connectivity index (χ2v) is 8.90. The van der Waals surface area contributed by atoms with Gasteiger partial charge >= 0.3 is 24.4 Å². The summed E-state index contributed by atoms with van der Waals surface area (Å²) in [5.74, 6) is -1.51. The topological polar surface area (TPSA) is 74.3 Å². The van der Waals surface area contributed by atoms with E-state index in [1.165, 1.54) is 31.3 Å². The van der Waals surface area contributed by atoms with E-state index in [1.807, 2.05) is 0 Å². The second-order valence-electron chi connectivity index (χ2n) is 8.90. The zero-order chi connectivity index (χ0) is 29.3.